The number of hydrogen-bond acceptors (Lipinski definition) is 4. The zero-order chi connectivity index (χ0) is 17.4. The summed E-state index contributed by atoms with van der Waals surface area (Å²) in [4.78, 5) is 28.0. The topological polar surface area (TPSA) is 78.7 Å². The lowest BCUT2D eigenvalue weighted by Gasteiger charge is -2.35. The summed E-state index contributed by atoms with van der Waals surface area (Å²) >= 11 is 0. The van der Waals surface area contributed by atoms with E-state index >= 15 is 0 Å². The van der Waals surface area contributed by atoms with E-state index in [0.29, 0.717) is 45.7 Å². The highest BCUT2D eigenvalue weighted by atomic mass is 35.5. The minimum Gasteiger partial charge on any atom is -0.352 e. The van der Waals surface area contributed by atoms with Gasteiger partial charge in [-0.1, -0.05) is 36.4 Å². The van der Waals surface area contributed by atoms with E-state index in [1.54, 1.807) is 11.0 Å². The van der Waals surface area contributed by atoms with Crippen molar-refractivity contribution in [1.29, 1.82) is 0 Å². The SMILES string of the molecule is C=CCNC(=O)CN1CCN(C(=O)[C@@H](N)Cc2ccccc2)CC1.Cl.Cl. The first-order chi connectivity index (χ1) is 11.6. The molecule has 1 aliphatic rings. The number of carbonyl (C=O) groups is 2. The van der Waals surface area contributed by atoms with Crippen molar-refractivity contribution < 1.29 is 9.59 Å². The molecule has 6 nitrogen and oxygen atoms in total. The van der Waals surface area contributed by atoms with Crippen LogP contribution >= 0.6 is 24.8 Å². The fourth-order valence-electron chi connectivity index (χ4n) is 2.76. The highest BCUT2D eigenvalue weighted by Crippen LogP contribution is 2.07. The number of nitrogens with two attached hydrogens (primary N) is 1. The molecule has 1 atom stereocenters. The van der Waals surface area contributed by atoms with E-state index < -0.39 is 6.04 Å². The minimum absolute atomic E-state index is 0. The summed E-state index contributed by atoms with van der Waals surface area (Å²) in [6, 6.07) is 9.28. The molecule has 26 heavy (non-hydrogen) atoms. The average molecular weight is 403 g/mol. The number of piperazine rings is 1. The van der Waals surface area contributed by atoms with Crippen molar-refractivity contribution in [2.24, 2.45) is 5.73 Å². The van der Waals surface area contributed by atoms with Gasteiger partial charge in [-0.3, -0.25) is 14.5 Å². The van der Waals surface area contributed by atoms with Gasteiger partial charge in [0.15, 0.2) is 0 Å². The Kier molecular flexibility index (Phi) is 11.9. The number of carbonyl (C=O) groups excluding carboxylic acids is 2. The van der Waals surface area contributed by atoms with Crippen molar-refractivity contribution in [3.8, 4) is 0 Å². The third-order valence-corrected chi connectivity index (χ3v) is 4.11. The maximum atomic E-state index is 12.5. The van der Waals surface area contributed by atoms with Crippen LogP contribution in [0, 0.1) is 0 Å². The number of rotatable bonds is 7. The standard InChI is InChI=1S/C18H26N4O2.2ClH/c1-2-8-20-17(23)14-21-9-11-22(12-10-21)18(24)16(19)13-15-6-4-3-5-7-15;;/h2-7,16H,1,8-14,19H2,(H,20,23);2*1H/t16-;;/m0../s1. The maximum Gasteiger partial charge on any atom is 0.239 e. The summed E-state index contributed by atoms with van der Waals surface area (Å²) in [5, 5.41) is 2.76. The molecule has 1 aromatic rings. The molecule has 1 aromatic carbocycles. The van der Waals surface area contributed by atoms with Crippen LogP contribution in [0.2, 0.25) is 0 Å². The molecular weight excluding hydrogens is 375 g/mol. The van der Waals surface area contributed by atoms with Crippen molar-refractivity contribution >= 4 is 36.6 Å². The van der Waals surface area contributed by atoms with Gasteiger partial charge in [0.2, 0.25) is 11.8 Å². The van der Waals surface area contributed by atoms with Crippen LogP contribution in [-0.4, -0.2) is 66.9 Å². The quantitative estimate of drug-likeness (QED) is 0.662. The van der Waals surface area contributed by atoms with Gasteiger partial charge in [-0.15, -0.1) is 31.4 Å². The zero-order valence-electron chi connectivity index (χ0n) is 14.8. The average Bonchev–Trinajstić information content (AvgIpc) is 2.61. The third-order valence-electron chi connectivity index (χ3n) is 4.11. The van der Waals surface area contributed by atoms with Gasteiger partial charge in [-0.05, 0) is 12.0 Å². The fraction of sp³-hybridized carbons (Fsp3) is 0.444. The lowest BCUT2D eigenvalue weighted by molar-refractivity contribution is -0.134. The van der Waals surface area contributed by atoms with E-state index in [4.69, 9.17) is 5.73 Å². The first kappa shape index (κ1) is 24.4. The Labute approximate surface area is 167 Å². The Morgan fingerprint density at radius 3 is 2.35 bits per heavy atom. The molecule has 0 spiro atoms. The van der Waals surface area contributed by atoms with Crippen molar-refractivity contribution in [2.45, 2.75) is 12.5 Å². The van der Waals surface area contributed by atoms with Crippen molar-refractivity contribution in [2.75, 3.05) is 39.3 Å². The smallest absolute Gasteiger partial charge is 0.239 e. The maximum absolute atomic E-state index is 12.5. The molecule has 2 amide bonds. The van der Waals surface area contributed by atoms with Gasteiger partial charge >= 0.3 is 0 Å². The molecule has 1 heterocycles. The van der Waals surface area contributed by atoms with Crippen LogP contribution in [0.5, 0.6) is 0 Å². The van der Waals surface area contributed by atoms with Gasteiger partial charge in [-0.25, -0.2) is 0 Å². The molecule has 1 aliphatic heterocycles. The van der Waals surface area contributed by atoms with Crippen LogP contribution in [0.3, 0.4) is 0 Å². The molecule has 0 aromatic heterocycles. The monoisotopic (exact) mass is 402 g/mol. The second-order valence-corrected chi connectivity index (χ2v) is 5.99. The second-order valence-electron chi connectivity index (χ2n) is 5.99. The Morgan fingerprint density at radius 1 is 1.15 bits per heavy atom. The van der Waals surface area contributed by atoms with Crippen molar-refractivity contribution in [3.05, 3.63) is 48.6 Å². The highest BCUT2D eigenvalue weighted by Gasteiger charge is 2.26. The van der Waals surface area contributed by atoms with Crippen molar-refractivity contribution in [3.63, 3.8) is 0 Å². The van der Waals surface area contributed by atoms with E-state index in [9.17, 15) is 9.59 Å². The summed E-state index contributed by atoms with van der Waals surface area (Å²) in [5.74, 6) is -0.0370. The molecule has 2 rings (SSSR count). The molecule has 1 fully saturated rings. The number of halogens is 2. The summed E-state index contributed by atoms with van der Waals surface area (Å²) in [5.41, 5.74) is 7.14. The Bertz CT molecular complexity index is 564. The van der Waals surface area contributed by atoms with Gasteiger partial charge in [0, 0.05) is 32.7 Å². The summed E-state index contributed by atoms with van der Waals surface area (Å²) in [6.45, 7) is 6.99. The first-order valence-corrected chi connectivity index (χ1v) is 8.28. The molecule has 3 N–H and O–H groups in total. The number of hydrogen-bond donors (Lipinski definition) is 2. The van der Waals surface area contributed by atoms with E-state index in [-0.39, 0.29) is 36.6 Å². The van der Waals surface area contributed by atoms with Crippen LogP contribution < -0.4 is 11.1 Å². The van der Waals surface area contributed by atoms with Gasteiger partial charge in [-0.2, -0.15) is 0 Å². The van der Waals surface area contributed by atoms with Crippen LogP contribution in [0.15, 0.2) is 43.0 Å². The number of amides is 2. The van der Waals surface area contributed by atoms with Crippen LogP contribution in [0.1, 0.15) is 5.56 Å². The van der Waals surface area contributed by atoms with E-state index in [0.717, 1.165) is 5.56 Å². The molecule has 146 valence electrons. The Morgan fingerprint density at radius 2 is 1.77 bits per heavy atom. The summed E-state index contributed by atoms with van der Waals surface area (Å²) < 4.78 is 0. The predicted molar refractivity (Wildman–Crippen MR) is 109 cm³/mol. The fourth-order valence-corrected chi connectivity index (χ4v) is 2.76. The molecule has 0 unspecified atom stereocenters. The van der Waals surface area contributed by atoms with E-state index in [1.807, 2.05) is 35.2 Å². The molecule has 0 radical (unpaired) electrons. The van der Waals surface area contributed by atoms with Crippen LogP contribution in [0.25, 0.3) is 0 Å². The number of benzene rings is 1. The summed E-state index contributed by atoms with van der Waals surface area (Å²) in [7, 11) is 0. The molecule has 0 aliphatic carbocycles. The first-order valence-electron chi connectivity index (χ1n) is 8.28. The van der Waals surface area contributed by atoms with Crippen molar-refractivity contribution in [1.82, 2.24) is 15.1 Å². The Hall–Kier alpha value is -1.60. The third kappa shape index (κ3) is 7.74. The predicted octanol–water partition coefficient (Wildman–Crippen LogP) is 0.846. The molecule has 1 saturated heterocycles. The van der Waals surface area contributed by atoms with Crippen LogP contribution in [-0.2, 0) is 16.0 Å². The zero-order valence-corrected chi connectivity index (χ0v) is 16.4. The number of nitrogens with zero attached hydrogens (tertiary/aromatic N) is 2. The largest absolute Gasteiger partial charge is 0.352 e. The van der Waals surface area contributed by atoms with E-state index in [2.05, 4.69) is 11.9 Å². The molecule has 0 saturated carbocycles. The molecule has 8 heteroatoms. The summed E-state index contributed by atoms with van der Waals surface area (Å²) in [6.07, 6.45) is 2.20. The van der Waals surface area contributed by atoms with Gasteiger partial charge < -0.3 is 16.0 Å². The molecular formula is C18H28Cl2N4O2. The number of nitrogens with one attached hydrogen (secondary N) is 1. The highest BCUT2D eigenvalue weighted by molar-refractivity contribution is 5.85. The van der Waals surface area contributed by atoms with Crippen LogP contribution in [0.4, 0.5) is 0 Å². The van der Waals surface area contributed by atoms with Gasteiger partial charge in [0.1, 0.15) is 0 Å². The van der Waals surface area contributed by atoms with Gasteiger partial charge in [0.05, 0.1) is 12.6 Å². The van der Waals surface area contributed by atoms with Gasteiger partial charge in [0.25, 0.3) is 0 Å². The second kappa shape index (κ2) is 12.7. The minimum atomic E-state index is -0.519. The Balaban J connectivity index is 0.00000312. The molecule has 0 bridgehead atoms. The normalized spacial score (nSPS) is 15.2. The lowest BCUT2D eigenvalue weighted by Crippen LogP contribution is -2.54. The lowest BCUT2D eigenvalue weighted by atomic mass is 10.1. The van der Waals surface area contributed by atoms with E-state index in [1.165, 1.54) is 0 Å².